The van der Waals surface area contributed by atoms with Crippen molar-refractivity contribution in [2.24, 2.45) is 0 Å². The molecule has 0 unspecified atom stereocenters. The van der Waals surface area contributed by atoms with Crippen LogP contribution in [-0.2, 0) is 6.42 Å². The molecule has 2 rings (SSSR count). The first-order valence-electron chi connectivity index (χ1n) is 5.55. The topological polar surface area (TPSA) is 70.7 Å². The SMILES string of the molecule is Cc1ccc(Br)c(C(=O)NCCc2ncn[nH]2)c1. The van der Waals surface area contributed by atoms with Gasteiger partial charge in [0.2, 0.25) is 0 Å². The number of nitrogens with zero attached hydrogens (tertiary/aromatic N) is 2. The first-order chi connectivity index (χ1) is 8.66. The minimum absolute atomic E-state index is 0.0925. The van der Waals surface area contributed by atoms with Gasteiger partial charge in [0.05, 0.1) is 5.56 Å². The summed E-state index contributed by atoms with van der Waals surface area (Å²) in [5.41, 5.74) is 1.70. The molecule has 1 amide bonds. The highest BCUT2D eigenvalue weighted by molar-refractivity contribution is 9.10. The van der Waals surface area contributed by atoms with Gasteiger partial charge in [-0.15, -0.1) is 0 Å². The van der Waals surface area contributed by atoms with Crippen molar-refractivity contribution in [3.8, 4) is 0 Å². The highest BCUT2D eigenvalue weighted by atomic mass is 79.9. The predicted molar refractivity (Wildman–Crippen MR) is 71.3 cm³/mol. The molecule has 0 atom stereocenters. The van der Waals surface area contributed by atoms with E-state index in [2.05, 4.69) is 36.4 Å². The van der Waals surface area contributed by atoms with Crippen LogP contribution in [-0.4, -0.2) is 27.6 Å². The largest absolute Gasteiger partial charge is 0.352 e. The van der Waals surface area contributed by atoms with Gasteiger partial charge in [0.25, 0.3) is 5.91 Å². The highest BCUT2D eigenvalue weighted by Gasteiger charge is 2.09. The molecule has 0 radical (unpaired) electrons. The number of aromatic nitrogens is 3. The molecule has 1 aromatic heterocycles. The van der Waals surface area contributed by atoms with Crippen LogP contribution in [0.15, 0.2) is 29.0 Å². The lowest BCUT2D eigenvalue weighted by Gasteiger charge is -2.06. The number of hydrogen-bond donors (Lipinski definition) is 2. The Balaban J connectivity index is 1.93. The number of aryl methyl sites for hydroxylation is 1. The number of carbonyl (C=O) groups is 1. The van der Waals surface area contributed by atoms with Gasteiger partial charge in [-0.3, -0.25) is 9.89 Å². The first-order valence-corrected chi connectivity index (χ1v) is 6.34. The molecule has 0 aliphatic heterocycles. The van der Waals surface area contributed by atoms with E-state index < -0.39 is 0 Å². The molecule has 6 heteroatoms. The lowest BCUT2D eigenvalue weighted by atomic mass is 10.1. The van der Waals surface area contributed by atoms with Crippen molar-refractivity contribution in [1.82, 2.24) is 20.5 Å². The third kappa shape index (κ3) is 3.16. The maximum Gasteiger partial charge on any atom is 0.252 e. The predicted octanol–water partition coefficient (Wildman–Crippen LogP) is 1.85. The number of hydrogen-bond acceptors (Lipinski definition) is 3. The van der Waals surface area contributed by atoms with Crippen LogP contribution in [0.1, 0.15) is 21.7 Å². The van der Waals surface area contributed by atoms with Gasteiger partial charge < -0.3 is 5.32 Å². The fraction of sp³-hybridized carbons (Fsp3) is 0.250. The van der Waals surface area contributed by atoms with E-state index in [0.717, 1.165) is 15.9 Å². The Hall–Kier alpha value is -1.69. The molecule has 0 saturated heterocycles. The summed E-state index contributed by atoms with van der Waals surface area (Å²) >= 11 is 3.37. The Bertz CT molecular complexity index is 539. The van der Waals surface area contributed by atoms with Crippen molar-refractivity contribution in [2.75, 3.05) is 6.54 Å². The monoisotopic (exact) mass is 308 g/mol. The zero-order valence-corrected chi connectivity index (χ0v) is 11.5. The fourth-order valence-electron chi connectivity index (χ4n) is 1.55. The summed E-state index contributed by atoms with van der Waals surface area (Å²) in [5, 5.41) is 9.35. The number of rotatable bonds is 4. The average Bonchev–Trinajstić information content (AvgIpc) is 2.85. The Labute approximate surface area is 113 Å². The lowest BCUT2D eigenvalue weighted by molar-refractivity contribution is 0.0953. The van der Waals surface area contributed by atoms with E-state index in [1.807, 2.05) is 25.1 Å². The number of carbonyl (C=O) groups excluding carboxylic acids is 1. The zero-order valence-electron chi connectivity index (χ0n) is 9.90. The van der Waals surface area contributed by atoms with Crippen molar-refractivity contribution < 1.29 is 4.79 Å². The van der Waals surface area contributed by atoms with Gasteiger partial charge in [0, 0.05) is 17.4 Å². The molecule has 2 N–H and O–H groups in total. The normalized spacial score (nSPS) is 10.3. The Morgan fingerprint density at radius 1 is 1.50 bits per heavy atom. The summed E-state index contributed by atoms with van der Waals surface area (Å²) in [5.74, 6) is 0.670. The van der Waals surface area contributed by atoms with E-state index in [1.165, 1.54) is 6.33 Å². The van der Waals surface area contributed by atoms with Crippen molar-refractivity contribution in [3.05, 3.63) is 46.0 Å². The molecule has 1 heterocycles. The first kappa shape index (κ1) is 12.8. The summed E-state index contributed by atoms with van der Waals surface area (Å²) in [6.45, 7) is 2.48. The van der Waals surface area contributed by atoms with Crippen LogP contribution < -0.4 is 5.32 Å². The van der Waals surface area contributed by atoms with Gasteiger partial charge in [-0.05, 0) is 35.0 Å². The van der Waals surface area contributed by atoms with Crippen LogP contribution in [0.4, 0.5) is 0 Å². The quantitative estimate of drug-likeness (QED) is 0.905. The van der Waals surface area contributed by atoms with Gasteiger partial charge in [-0.1, -0.05) is 11.6 Å². The molecule has 0 fully saturated rings. The molecule has 0 bridgehead atoms. The number of halogens is 1. The van der Waals surface area contributed by atoms with E-state index in [1.54, 1.807) is 0 Å². The molecule has 18 heavy (non-hydrogen) atoms. The second-order valence-electron chi connectivity index (χ2n) is 3.92. The minimum Gasteiger partial charge on any atom is -0.352 e. The molecule has 0 aliphatic rings. The summed E-state index contributed by atoms with van der Waals surface area (Å²) in [6.07, 6.45) is 2.09. The molecule has 0 saturated carbocycles. The third-order valence-corrected chi connectivity index (χ3v) is 3.17. The van der Waals surface area contributed by atoms with Gasteiger partial charge in [0.1, 0.15) is 12.2 Å². The number of nitrogens with one attached hydrogen (secondary N) is 2. The molecule has 1 aromatic carbocycles. The Morgan fingerprint density at radius 3 is 3.06 bits per heavy atom. The zero-order chi connectivity index (χ0) is 13.0. The Morgan fingerprint density at radius 2 is 2.33 bits per heavy atom. The van der Waals surface area contributed by atoms with Crippen LogP contribution >= 0.6 is 15.9 Å². The van der Waals surface area contributed by atoms with E-state index in [0.29, 0.717) is 18.5 Å². The van der Waals surface area contributed by atoms with E-state index in [-0.39, 0.29) is 5.91 Å². The van der Waals surface area contributed by atoms with E-state index >= 15 is 0 Å². The summed E-state index contributed by atoms with van der Waals surface area (Å²) in [4.78, 5) is 15.9. The molecular weight excluding hydrogens is 296 g/mol. The molecular formula is C12H13BrN4O. The van der Waals surface area contributed by atoms with Gasteiger partial charge in [0.15, 0.2) is 0 Å². The van der Waals surface area contributed by atoms with E-state index in [9.17, 15) is 4.79 Å². The second kappa shape index (κ2) is 5.77. The summed E-state index contributed by atoms with van der Waals surface area (Å²) in [7, 11) is 0. The smallest absolute Gasteiger partial charge is 0.252 e. The molecule has 0 spiro atoms. The van der Waals surface area contributed by atoms with Crippen LogP contribution in [0, 0.1) is 6.92 Å². The van der Waals surface area contributed by atoms with Crippen LogP contribution in [0.5, 0.6) is 0 Å². The van der Waals surface area contributed by atoms with Crippen molar-refractivity contribution >= 4 is 21.8 Å². The van der Waals surface area contributed by atoms with Crippen molar-refractivity contribution in [1.29, 1.82) is 0 Å². The van der Waals surface area contributed by atoms with Crippen LogP contribution in [0.3, 0.4) is 0 Å². The molecule has 0 aliphatic carbocycles. The number of H-pyrrole nitrogens is 1. The van der Waals surface area contributed by atoms with Gasteiger partial charge >= 0.3 is 0 Å². The fourth-order valence-corrected chi connectivity index (χ4v) is 1.98. The Kier molecular flexibility index (Phi) is 4.09. The number of aromatic amines is 1. The molecule has 2 aromatic rings. The highest BCUT2D eigenvalue weighted by Crippen LogP contribution is 2.17. The van der Waals surface area contributed by atoms with Crippen molar-refractivity contribution in [3.63, 3.8) is 0 Å². The molecule has 5 nitrogen and oxygen atoms in total. The van der Waals surface area contributed by atoms with Gasteiger partial charge in [-0.25, -0.2) is 4.98 Å². The van der Waals surface area contributed by atoms with Crippen LogP contribution in [0.2, 0.25) is 0 Å². The van der Waals surface area contributed by atoms with Crippen molar-refractivity contribution in [2.45, 2.75) is 13.3 Å². The average molecular weight is 309 g/mol. The summed E-state index contributed by atoms with van der Waals surface area (Å²) in [6, 6.07) is 5.68. The third-order valence-electron chi connectivity index (χ3n) is 2.48. The lowest BCUT2D eigenvalue weighted by Crippen LogP contribution is -2.26. The van der Waals surface area contributed by atoms with E-state index in [4.69, 9.17) is 0 Å². The maximum absolute atomic E-state index is 12.0. The number of benzene rings is 1. The number of amides is 1. The van der Waals surface area contributed by atoms with Crippen LogP contribution in [0.25, 0.3) is 0 Å². The minimum atomic E-state index is -0.0925. The second-order valence-corrected chi connectivity index (χ2v) is 4.78. The van der Waals surface area contributed by atoms with Gasteiger partial charge in [-0.2, -0.15) is 5.10 Å². The maximum atomic E-state index is 12.0. The standard InChI is InChI=1S/C12H13BrN4O/c1-8-2-3-10(13)9(6-8)12(18)14-5-4-11-15-7-16-17-11/h2-3,6-7H,4-5H2,1H3,(H,14,18)(H,15,16,17). The summed E-state index contributed by atoms with van der Waals surface area (Å²) < 4.78 is 0.797. The molecule has 94 valence electrons.